The summed E-state index contributed by atoms with van der Waals surface area (Å²) in [5, 5.41) is 3.31. The van der Waals surface area contributed by atoms with Gasteiger partial charge in [0, 0.05) is 11.7 Å². The van der Waals surface area contributed by atoms with E-state index in [9.17, 15) is 4.79 Å². The standard InChI is InChI=1S/C13H18N2O/c1-11-2-4-12(5-3-11)15(10-16)13-6-8-14-9-7-13/h2-5,10,13-14H,6-9H2,1H3. The van der Waals surface area contributed by atoms with Gasteiger partial charge in [0.15, 0.2) is 0 Å². The lowest BCUT2D eigenvalue weighted by atomic mass is 10.0. The molecule has 3 nitrogen and oxygen atoms in total. The summed E-state index contributed by atoms with van der Waals surface area (Å²) in [4.78, 5) is 13.1. The van der Waals surface area contributed by atoms with Gasteiger partial charge in [-0.05, 0) is 45.0 Å². The van der Waals surface area contributed by atoms with Crippen LogP contribution >= 0.6 is 0 Å². The highest BCUT2D eigenvalue weighted by molar-refractivity contribution is 5.76. The Balaban J connectivity index is 2.14. The van der Waals surface area contributed by atoms with Gasteiger partial charge in [-0.3, -0.25) is 4.79 Å². The second kappa shape index (κ2) is 5.12. The molecule has 86 valence electrons. The minimum Gasteiger partial charge on any atom is -0.317 e. The average molecular weight is 218 g/mol. The molecule has 1 fully saturated rings. The van der Waals surface area contributed by atoms with Crippen LogP contribution in [-0.2, 0) is 4.79 Å². The van der Waals surface area contributed by atoms with E-state index in [1.54, 1.807) is 0 Å². The molecule has 0 aromatic heterocycles. The quantitative estimate of drug-likeness (QED) is 0.783. The summed E-state index contributed by atoms with van der Waals surface area (Å²) in [6, 6.07) is 8.48. The molecule has 1 saturated heterocycles. The number of amides is 1. The third-order valence-corrected chi connectivity index (χ3v) is 3.15. The fourth-order valence-electron chi connectivity index (χ4n) is 2.16. The van der Waals surface area contributed by atoms with Crippen LogP contribution in [0.3, 0.4) is 0 Å². The maximum Gasteiger partial charge on any atom is 0.214 e. The fourth-order valence-corrected chi connectivity index (χ4v) is 2.16. The summed E-state index contributed by atoms with van der Waals surface area (Å²) in [5.74, 6) is 0. The molecule has 1 aromatic rings. The van der Waals surface area contributed by atoms with E-state index in [2.05, 4.69) is 12.2 Å². The van der Waals surface area contributed by atoms with Crippen LogP contribution in [0.1, 0.15) is 18.4 Å². The Morgan fingerprint density at radius 3 is 2.44 bits per heavy atom. The molecule has 1 heterocycles. The molecule has 0 unspecified atom stereocenters. The van der Waals surface area contributed by atoms with Crippen molar-refractivity contribution in [2.75, 3.05) is 18.0 Å². The zero-order valence-corrected chi connectivity index (χ0v) is 9.65. The van der Waals surface area contributed by atoms with Crippen LogP contribution in [0.5, 0.6) is 0 Å². The number of piperidine rings is 1. The second-order valence-corrected chi connectivity index (χ2v) is 4.33. The molecular formula is C13H18N2O. The highest BCUT2D eigenvalue weighted by Gasteiger charge is 2.20. The first-order chi connectivity index (χ1) is 7.81. The Hall–Kier alpha value is -1.35. The minimum atomic E-state index is 0.349. The van der Waals surface area contributed by atoms with Crippen molar-refractivity contribution in [1.82, 2.24) is 5.32 Å². The summed E-state index contributed by atoms with van der Waals surface area (Å²) in [6.45, 7) is 4.06. The Bertz CT molecular complexity index is 341. The Morgan fingerprint density at radius 1 is 1.25 bits per heavy atom. The van der Waals surface area contributed by atoms with Gasteiger partial charge in [-0.15, -0.1) is 0 Å². The summed E-state index contributed by atoms with van der Waals surface area (Å²) < 4.78 is 0. The van der Waals surface area contributed by atoms with Gasteiger partial charge >= 0.3 is 0 Å². The van der Waals surface area contributed by atoms with Gasteiger partial charge in [-0.2, -0.15) is 0 Å². The van der Waals surface area contributed by atoms with Crippen LogP contribution in [0.25, 0.3) is 0 Å². The van der Waals surface area contributed by atoms with Crippen LogP contribution in [0.4, 0.5) is 5.69 Å². The van der Waals surface area contributed by atoms with E-state index in [-0.39, 0.29) is 0 Å². The topological polar surface area (TPSA) is 32.3 Å². The Kier molecular flexibility index (Phi) is 3.57. The zero-order chi connectivity index (χ0) is 11.4. The van der Waals surface area contributed by atoms with E-state index < -0.39 is 0 Å². The zero-order valence-electron chi connectivity index (χ0n) is 9.65. The van der Waals surface area contributed by atoms with Crippen molar-refractivity contribution in [3.8, 4) is 0 Å². The number of hydrogen-bond acceptors (Lipinski definition) is 2. The summed E-state index contributed by atoms with van der Waals surface area (Å²) in [6.07, 6.45) is 3.03. The van der Waals surface area contributed by atoms with Crippen molar-refractivity contribution in [3.63, 3.8) is 0 Å². The first-order valence-electron chi connectivity index (χ1n) is 5.82. The predicted octanol–water partition coefficient (Wildman–Crippen LogP) is 1.71. The van der Waals surface area contributed by atoms with Crippen molar-refractivity contribution in [3.05, 3.63) is 29.8 Å². The van der Waals surface area contributed by atoms with Gasteiger partial charge in [0.25, 0.3) is 0 Å². The molecule has 2 rings (SSSR count). The minimum absolute atomic E-state index is 0.349. The van der Waals surface area contributed by atoms with Gasteiger partial charge in [-0.25, -0.2) is 0 Å². The number of carbonyl (C=O) groups excluding carboxylic acids is 1. The van der Waals surface area contributed by atoms with Gasteiger partial charge in [0.05, 0.1) is 0 Å². The van der Waals surface area contributed by atoms with Crippen molar-refractivity contribution in [2.45, 2.75) is 25.8 Å². The number of nitrogens with zero attached hydrogens (tertiary/aromatic N) is 1. The van der Waals surface area contributed by atoms with Crippen molar-refractivity contribution >= 4 is 12.1 Å². The van der Waals surface area contributed by atoms with Crippen LogP contribution in [0.15, 0.2) is 24.3 Å². The monoisotopic (exact) mass is 218 g/mol. The fraction of sp³-hybridized carbons (Fsp3) is 0.462. The maximum atomic E-state index is 11.2. The van der Waals surface area contributed by atoms with E-state index >= 15 is 0 Å². The molecule has 3 heteroatoms. The normalized spacial score (nSPS) is 17.1. The van der Waals surface area contributed by atoms with Crippen molar-refractivity contribution in [2.24, 2.45) is 0 Å². The summed E-state index contributed by atoms with van der Waals surface area (Å²) in [7, 11) is 0. The highest BCUT2D eigenvalue weighted by Crippen LogP contribution is 2.20. The molecule has 16 heavy (non-hydrogen) atoms. The van der Waals surface area contributed by atoms with E-state index in [0.717, 1.165) is 38.0 Å². The van der Waals surface area contributed by atoms with Crippen molar-refractivity contribution in [1.29, 1.82) is 0 Å². The van der Waals surface area contributed by atoms with Crippen LogP contribution < -0.4 is 10.2 Å². The lowest BCUT2D eigenvalue weighted by Crippen LogP contribution is -2.42. The molecule has 0 spiro atoms. The first kappa shape index (κ1) is 11.1. The number of aryl methyl sites for hydroxylation is 1. The van der Waals surface area contributed by atoms with E-state index in [0.29, 0.717) is 6.04 Å². The van der Waals surface area contributed by atoms with E-state index in [4.69, 9.17) is 0 Å². The molecule has 0 atom stereocenters. The molecule has 1 aliphatic rings. The molecule has 1 aliphatic heterocycles. The molecule has 1 aromatic carbocycles. The lowest BCUT2D eigenvalue weighted by Gasteiger charge is -2.31. The van der Waals surface area contributed by atoms with Crippen LogP contribution in [0, 0.1) is 6.92 Å². The van der Waals surface area contributed by atoms with Gasteiger partial charge in [-0.1, -0.05) is 17.7 Å². The SMILES string of the molecule is Cc1ccc(N(C=O)C2CCNCC2)cc1. The summed E-state index contributed by atoms with van der Waals surface area (Å²) >= 11 is 0. The van der Waals surface area contributed by atoms with Gasteiger partial charge in [0.1, 0.15) is 0 Å². The number of hydrogen-bond donors (Lipinski definition) is 1. The number of carbonyl (C=O) groups is 1. The predicted molar refractivity (Wildman–Crippen MR) is 65.6 cm³/mol. The van der Waals surface area contributed by atoms with Crippen molar-refractivity contribution < 1.29 is 4.79 Å². The Morgan fingerprint density at radius 2 is 1.88 bits per heavy atom. The maximum absolute atomic E-state index is 11.2. The molecule has 1 amide bonds. The summed E-state index contributed by atoms with van der Waals surface area (Å²) in [5.41, 5.74) is 2.23. The molecule has 0 bridgehead atoms. The van der Waals surface area contributed by atoms with E-state index in [1.807, 2.05) is 29.2 Å². The lowest BCUT2D eigenvalue weighted by molar-refractivity contribution is -0.108. The molecule has 0 radical (unpaired) electrons. The number of anilines is 1. The largest absolute Gasteiger partial charge is 0.317 e. The molecule has 0 saturated carbocycles. The Labute approximate surface area is 96.5 Å². The molecule has 1 N–H and O–H groups in total. The smallest absolute Gasteiger partial charge is 0.214 e. The first-order valence-corrected chi connectivity index (χ1v) is 5.82. The third kappa shape index (κ3) is 2.42. The molecular weight excluding hydrogens is 200 g/mol. The average Bonchev–Trinajstić information content (AvgIpc) is 2.34. The van der Waals surface area contributed by atoms with Crippen LogP contribution in [-0.4, -0.2) is 25.5 Å². The van der Waals surface area contributed by atoms with Gasteiger partial charge in [0.2, 0.25) is 6.41 Å². The number of nitrogens with one attached hydrogen (secondary N) is 1. The number of benzene rings is 1. The second-order valence-electron chi connectivity index (χ2n) is 4.33. The highest BCUT2D eigenvalue weighted by atomic mass is 16.1. The molecule has 0 aliphatic carbocycles. The third-order valence-electron chi connectivity index (χ3n) is 3.15. The van der Waals surface area contributed by atoms with Gasteiger partial charge < -0.3 is 10.2 Å². The number of rotatable bonds is 3. The van der Waals surface area contributed by atoms with E-state index in [1.165, 1.54) is 5.56 Å². The van der Waals surface area contributed by atoms with Crippen LogP contribution in [0.2, 0.25) is 0 Å².